The van der Waals surface area contributed by atoms with Gasteiger partial charge in [0.1, 0.15) is 0 Å². The fourth-order valence-corrected chi connectivity index (χ4v) is 4.05. The second-order valence-electron chi connectivity index (χ2n) is 6.20. The minimum Gasteiger partial charge on any atom is -0.316 e. The van der Waals surface area contributed by atoms with Gasteiger partial charge in [-0.3, -0.25) is 0 Å². The Morgan fingerprint density at radius 3 is 2.60 bits per heavy atom. The predicted molar refractivity (Wildman–Crippen MR) is 64.2 cm³/mol. The fraction of sp³-hybridized carbons (Fsp3) is 1.00. The van der Waals surface area contributed by atoms with Crippen LogP contribution in [-0.4, -0.2) is 19.0 Å². The number of nitrogens with one attached hydrogen (secondary N) is 1. The molecule has 0 aliphatic heterocycles. The maximum atomic E-state index is 5.97. The monoisotopic (exact) mass is 227 g/mol. The lowest BCUT2D eigenvalue weighted by atomic mass is 9.89. The molecular formula is C13H22ClN. The van der Waals surface area contributed by atoms with Crippen LogP contribution in [0.1, 0.15) is 38.5 Å². The van der Waals surface area contributed by atoms with Crippen molar-refractivity contribution in [1.29, 1.82) is 0 Å². The number of fused-ring (bicyclic) bond motifs is 2. The summed E-state index contributed by atoms with van der Waals surface area (Å²) in [6.45, 7) is 2.43. The summed E-state index contributed by atoms with van der Waals surface area (Å²) in [5, 5.41) is 3.68. The maximum Gasteiger partial charge on any atom is 0.0292 e. The van der Waals surface area contributed by atoms with Crippen molar-refractivity contribution in [1.82, 2.24) is 5.32 Å². The molecule has 3 aliphatic carbocycles. The van der Waals surface area contributed by atoms with Crippen molar-refractivity contribution >= 4 is 11.6 Å². The molecule has 3 unspecified atom stereocenters. The van der Waals surface area contributed by atoms with Crippen LogP contribution in [0.5, 0.6) is 0 Å². The van der Waals surface area contributed by atoms with E-state index in [4.69, 9.17) is 11.6 Å². The van der Waals surface area contributed by atoms with E-state index in [2.05, 4.69) is 5.32 Å². The number of hydrogen-bond acceptors (Lipinski definition) is 1. The second-order valence-corrected chi connectivity index (χ2v) is 6.47. The van der Waals surface area contributed by atoms with Gasteiger partial charge in [-0.15, -0.1) is 11.6 Å². The molecule has 86 valence electrons. The molecule has 0 radical (unpaired) electrons. The Bertz CT molecular complexity index is 237. The Kier molecular flexibility index (Phi) is 2.72. The predicted octanol–water partition coefficient (Wildman–Crippen LogP) is 3.03. The highest BCUT2D eigenvalue weighted by atomic mass is 35.5. The summed E-state index contributed by atoms with van der Waals surface area (Å²) in [6, 6.07) is 0. The SMILES string of the molecule is ClCC1(CNCC2CC3CCC2C3)CC1. The van der Waals surface area contributed by atoms with Gasteiger partial charge in [-0.25, -0.2) is 0 Å². The van der Waals surface area contributed by atoms with Crippen LogP contribution >= 0.6 is 11.6 Å². The smallest absolute Gasteiger partial charge is 0.0292 e. The molecule has 2 bridgehead atoms. The van der Waals surface area contributed by atoms with Crippen LogP contribution in [-0.2, 0) is 0 Å². The maximum absolute atomic E-state index is 5.97. The van der Waals surface area contributed by atoms with Crippen molar-refractivity contribution < 1.29 is 0 Å². The lowest BCUT2D eigenvalue weighted by Gasteiger charge is -2.23. The van der Waals surface area contributed by atoms with Crippen LogP contribution in [0.15, 0.2) is 0 Å². The molecule has 0 aromatic carbocycles. The zero-order chi connectivity index (χ0) is 10.3. The molecule has 0 aromatic rings. The summed E-state index contributed by atoms with van der Waals surface area (Å²) in [6.07, 6.45) is 8.77. The Hall–Kier alpha value is 0.250. The normalized spacial score (nSPS) is 41.0. The molecule has 3 fully saturated rings. The summed E-state index contributed by atoms with van der Waals surface area (Å²) in [7, 11) is 0. The number of hydrogen-bond donors (Lipinski definition) is 1. The Morgan fingerprint density at radius 1 is 1.20 bits per heavy atom. The minimum absolute atomic E-state index is 0.499. The van der Waals surface area contributed by atoms with E-state index < -0.39 is 0 Å². The molecule has 3 rings (SSSR count). The molecule has 0 amide bonds. The van der Waals surface area contributed by atoms with Gasteiger partial charge in [0.15, 0.2) is 0 Å². The van der Waals surface area contributed by atoms with Gasteiger partial charge in [0.2, 0.25) is 0 Å². The van der Waals surface area contributed by atoms with Gasteiger partial charge in [0, 0.05) is 12.4 Å². The third-order valence-electron chi connectivity index (χ3n) is 5.03. The first kappa shape index (κ1) is 10.4. The average molecular weight is 228 g/mol. The van der Waals surface area contributed by atoms with Crippen molar-refractivity contribution in [2.75, 3.05) is 19.0 Å². The van der Waals surface area contributed by atoms with Crippen molar-refractivity contribution in [2.24, 2.45) is 23.2 Å². The first-order valence-corrected chi connectivity index (χ1v) is 7.11. The molecule has 3 aliphatic rings. The summed E-state index contributed by atoms with van der Waals surface area (Å²) < 4.78 is 0. The van der Waals surface area contributed by atoms with Gasteiger partial charge in [-0.05, 0) is 61.8 Å². The van der Waals surface area contributed by atoms with Crippen LogP contribution in [0.3, 0.4) is 0 Å². The Labute approximate surface area is 98.0 Å². The topological polar surface area (TPSA) is 12.0 Å². The zero-order valence-electron chi connectivity index (χ0n) is 9.47. The average Bonchev–Trinajstić information content (AvgIpc) is 2.73. The highest BCUT2D eigenvalue weighted by Gasteiger charge is 2.42. The van der Waals surface area contributed by atoms with Crippen LogP contribution in [0.25, 0.3) is 0 Å². The summed E-state index contributed by atoms with van der Waals surface area (Å²) in [5.74, 6) is 4.00. The van der Waals surface area contributed by atoms with Crippen molar-refractivity contribution in [3.05, 3.63) is 0 Å². The van der Waals surface area contributed by atoms with Crippen LogP contribution < -0.4 is 5.32 Å². The molecule has 1 N–H and O–H groups in total. The largest absolute Gasteiger partial charge is 0.316 e. The molecule has 1 nitrogen and oxygen atoms in total. The Balaban J connectivity index is 1.40. The van der Waals surface area contributed by atoms with Crippen LogP contribution in [0.2, 0.25) is 0 Å². The number of halogens is 1. The molecular weight excluding hydrogens is 206 g/mol. The standard InChI is InChI=1S/C13H22ClN/c14-8-13(3-4-13)9-15-7-12-6-10-1-2-11(12)5-10/h10-12,15H,1-9H2. The quantitative estimate of drug-likeness (QED) is 0.712. The highest BCUT2D eigenvalue weighted by molar-refractivity contribution is 6.18. The second kappa shape index (κ2) is 3.92. The molecule has 3 saturated carbocycles. The molecule has 0 aromatic heterocycles. The lowest BCUT2D eigenvalue weighted by Crippen LogP contribution is -2.31. The van der Waals surface area contributed by atoms with Crippen molar-refractivity contribution in [3.8, 4) is 0 Å². The molecule has 0 heterocycles. The molecule has 0 spiro atoms. The minimum atomic E-state index is 0.499. The van der Waals surface area contributed by atoms with Crippen molar-refractivity contribution in [2.45, 2.75) is 38.5 Å². The van der Waals surface area contributed by atoms with Crippen molar-refractivity contribution in [3.63, 3.8) is 0 Å². The fourth-order valence-electron chi connectivity index (χ4n) is 3.68. The van der Waals surface area contributed by atoms with E-state index in [1.165, 1.54) is 51.6 Å². The van der Waals surface area contributed by atoms with E-state index in [9.17, 15) is 0 Å². The highest BCUT2D eigenvalue weighted by Crippen LogP contribution is 2.48. The number of rotatable bonds is 5. The van der Waals surface area contributed by atoms with E-state index in [0.717, 1.165) is 23.6 Å². The van der Waals surface area contributed by atoms with E-state index in [-0.39, 0.29) is 0 Å². The first-order chi connectivity index (χ1) is 7.31. The van der Waals surface area contributed by atoms with Crippen LogP contribution in [0, 0.1) is 23.2 Å². The molecule has 3 atom stereocenters. The van der Waals surface area contributed by atoms with E-state index in [1.807, 2.05) is 0 Å². The van der Waals surface area contributed by atoms with Gasteiger partial charge in [0.25, 0.3) is 0 Å². The van der Waals surface area contributed by atoms with E-state index in [1.54, 1.807) is 0 Å². The van der Waals surface area contributed by atoms with Gasteiger partial charge >= 0.3 is 0 Å². The molecule has 15 heavy (non-hydrogen) atoms. The van der Waals surface area contributed by atoms with Gasteiger partial charge < -0.3 is 5.32 Å². The third kappa shape index (κ3) is 2.06. The summed E-state index contributed by atoms with van der Waals surface area (Å²) in [5.41, 5.74) is 0.499. The summed E-state index contributed by atoms with van der Waals surface area (Å²) in [4.78, 5) is 0. The van der Waals surface area contributed by atoms with E-state index >= 15 is 0 Å². The third-order valence-corrected chi connectivity index (χ3v) is 5.60. The van der Waals surface area contributed by atoms with E-state index in [0.29, 0.717) is 5.41 Å². The Morgan fingerprint density at radius 2 is 2.07 bits per heavy atom. The van der Waals surface area contributed by atoms with Gasteiger partial charge in [-0.2, -0.15) is 0 Å². The number of alkyl halides is 1. The zero-order valence-corrected chi connectivity index (χ0v) is 10.2. The van der Waals surface area contributed by atoms with Gasteiger partial charge in [-0.1, -0.05) is 6.42 Å². The van der Waals surface area contributed by atoms with Gasteiger partial charge in [0.05, 0.1) is 0 Å². The lowest BCUT2D eigenvalue weighted by molar-refractivity contribution is 0.311. The molecule has 0 saturated heterocycles. The van der Waals surface area contributed by atoms with Crippen LogP contribution in [0.4, 0.5) is 0 Å². The first-order valence-electron chi connectivity index (χ1n) is 6.58. The summed E-state index contributed by atoms with van der Waals surface area (Å²) >= 11 is 5.97. The molecule has 2 heteroatoms.